The van der Waals surface area contributed by atoms with Crippen LogP contribution < -0.4 is 5.32 Å². The minimum absolute atomic E-state index is 0.111. The molecule has 0 aromatic carbocycles. The third-order valence-electron chi connectivity index (χ3n) is 5.88. The smallest absolute Gasteiger partial charge is 0.0695 e. The molecule has 25 heavy (non-hydrogen) atoms. The average Bonchev–Trinajstić information content (AvgIpc) is 2.63. The Morgan fingerprint density at radius 2 is 1.92 bits per heavy atom. The monoisotopic (exact) mass is 345 g/mol. The van der Waals surface area contributed by atoms with Gasteiger partial charge in [0.15, 0.2) is 0 Å². The first-order valence-electron chi connectivity index (χ1n) is 10.2. The van der Waals surface area contributed by atoms with Crippen LogP contribution in [0.15, 0.2) is 24.4 Å². The van der Waals surface area contributed by atoms with Gasteiger partial charge < -0.3 is 10.4 Å². The van der Waals surface area contributed by atoms with Crippen LogP contribution in [0.3, 0.4) is 0 Å². The molecule has 1 aliphatic carbocycles. The molecule has 2 heterocycles. The highest BCUT2D eigenvalue weighted by Crippen LogP contribution is 2.27. The SMILES string of the molecule is CC(C)C[C@H](NC1CCN([C@@H]2CCCC[C@H]2O)CC1)c1ccccn1. The molecule has 1 saturated heterocycles. The second-order valence-electron chi connectivity index (χ2n) is 8.33. The van der Waals surface area contributed by atoms with Crippen molar-refractivity contribution >= 4 is 0 Å². The van der Waals surface area contributed by atoms with Crippen molar-refractivity contribution < 1.29 is 5.11 Å². The minimum Gasteiger partial charge on any atom is -0.391 e. The fourth-order valence-electron chi connectivity index (χ4n) is 4.53. The Morgan fingerprint density at radius 1 is 1.16 bits per heavy atom. The van der Waals surface area contributed by atoms with E-state index in [-0.39, 0.29) is 6.10 Å². The van der Waals surface area contributed by atoms with Gasteiger partial charge in [-0.2, -0.15) is 0 Å². The molecule has 140 valence electrons. The van der Waals surface area contributed by atoms with E-state index in [0.717, 1.165) is 25.9 Å². The lowest BCUT2D eigenvalue weighted by Gasteiger charge is -2.42. The summed E-state index contributed by atoms with van der Waals surface area (Å²) in [7, 11) is 0. The van der Waals surface area contributed by atoms with E-state index in [2.05, 4.69) is 41.2 Å². The molecule has 2 N–H and O–H groups in total. The molecular formula is C21H35N3O. The van der Waals surface area contributed by atoms with Crippen molar-refractivity contribution in [2.75, 3.05) is 13.1 Å². The Bertz CT molecular complexity index is 499. The van der Waals surface area contributed by atoms with Crippen LogP contribution >= 0.6 is 0 Å². The van der Waals surface area contributed by atoms with Crippen molar-refractivity contribution in [3.8, 4) is 0 Å². The zero-order chi connectivity index (χ0) is 17.6. The molecular weight excluding hydrogens is 310 g/mol. The molecule has 0 spiro atoms. The first-order valence-corrected chi connectivity index (χ1v) is 10.2. The fourth-order valence-corrected chi connectivity index (χ4v) is 4.53. The maximum Gasteiger partial charge on any atom is 0.0695 e. The zero-order valence-electron chi connectivity index (χ0n) is 15.9. The molecule has 2 aliphatic rings. The third kappa shape index (κ3) is 5.25. The van der Waals surface area contributed by atoms with Crippen LogP contribution in [0.25, 0.3) is 0 Å². The van der Waals surface area contributed by atoms with Crippen molar-refractivity contribution in [1.82, 2.24) is 15.2 Å². The summed E-state index contributed by atoms with van der Waals surface area (Å²) in [5.41, 5.74) is 1.17. The summed E-state index contributed by atoms with van der Waals surface area (Å²) in [5, 5.41) is 14.2. The van der Waals surface area contributed by atoms with Gasteiger partial charge in [-0.1, -0.05) is 32.8 Å². The number of nitrogens with one attached hydrogen (secondary N) is 1. The van der Waals surface area contributed by atoms with Crippen LogP contribution in [0, 0.1) is 5.92 Å². The van der Waals surface area contributed by atoms with Gasteiger partial charge in [0.1, 0.15) is 0 Å². The van der Waals surface area contributed by atoms with Crippen LogP contribution in [-0.4, -0.2) is 46.3 Å². The van der Waals surface area contributed by atoms with E-state index >= 15 is 0 Å². The second kappa shape index (κ2) is 9.11. The molecule has 0 amide bonds. The summed E-state index contributed by atoms with van der Waals surface area (Å²) in [6.45, 7) is 6.78. The predicted molar refractivity (Wildman–Crippen MR) is 102 cm³/mol. The number of hydrogen-bond acceptors (Lipinski definition) is 4. The summed E-state index contributed by atoms with van der Waals surface area (Å²) in [5.74, 6) is 0.650. The van der Waals surface area contributed by atoms with Crippen molar-refractivity contribution in [2.24, 2.45) is 5.92 Å². The van der Waals surface area contributed by atoms with Gasteiger partial charge in [0.2, 0.25) is 0 Å². The number of hydrogen-bond donors (Lipinski definition) is 2. The number of aromatic nitrogens is 1. The van der Waals surface area contributed by atoms with E-state index in [9.17, 15) is 5.11 Å². The Balaban J connectivity index is 1.54. The summed E-state index contributed by atoms with van der Waals surface area (Å²) >= 11 is 0. The molecule has 1 saturated carbocycles. The van der Waals surface area contributed by atoms with Crippen LogP contribution in [0.1, 0.15) is 70.5 Å². The molecule has 1 aromatic heterocycles. The highest BCUT2D eigenvalue weighted by atomic mass is 16.3. The molecule has 2 fully saturated rings. The van der Waals surface area contributed by atoms with Crippen molar-refractivity contribution in [1.29, 1.82) is 0 Å². The van der Waals surface area contributed by atoms with Gasteiger partial charge in [-0.05, 0) is 50.2 Å². The van der Waals surface area contributed by atoms with Gasteiger partial charge in [0.05, 0.1) is 11.8 Å². The Morgan fingerprint density at radius 3 is 2.56 bits per heavy atom. The summed E-state index contributed by atoms with van der Waals surface area (Å²) in [6, 6.07) is 7.53. The first-order chi connectivity index (χ1) is 12.1. The van der Waals surface area contributed by atoms with Crippen LogP contribution in [0.5, 0.6) is 0 Å². The van der Waals surface area contributed by atoms with Gasteiger partial charge in [-0.25, -0.2) is 0 Å². The van der Waals surface area contributed by atoms with Crippen molar-refractivity contribution in [3.63, 3.8) is 0 Å². The number of likely N-dealkylation sites (tertiary alicyclic amines) is 1. The van der Waals surface area contributed by atoms with Crippen LogP contribution in [0.2, 0.25) is 0 Å². The number of aliphatic hydroxyl groups excluding tert-OH is 1. The maximum absolute atomic E-state index is 10.3. The van der Waals surface area contributed by atoms with E-state index < -0.39 is 0 Å². The van der Waals surface area contributed by atoms with E-state index in [1.54, 1.807) is 0 Å². The lowest BCUT2D eigenvalue weighted by molar-refractivity contribution is 0.00642. The molecule has 0 radical (unpaired) electrons. The molecule has 4 heteroatoms. The highest BCUT2D eigenvalue weighted by molar-refractivity contribution is 5.09. The molecule has 1 aromatic rings. The number of piperidine rings is 1. The van der Waals surface area contributed by atoms with E-state index in [1.165, 1.54) is 37.8 Å². The first kappa shape index (κ1) is 18.8. The predicted octanol–water partition coefficient (Wildman–Crippen LogP) is 3.53. The van der Waals surface area contributed by atoms with Crippen molar-refractivity contribution in [3.05, 3.63) is 30.1 Å². The minimum atomic E-state index is -0.111. The molecule has 0 unspecified atom stereocenters. The van der Waals surface area contributed by atoms with E-state index in [0.29, 0.717) is 24.0 Å². The topological polar surface area (TPSA) is 48.4 Å². The largest absolute Gasteiger partial charge is 0.391 e. The average molecular weight is 346 g/mol. The van der Waals surface area contributed by atoms with Gasteiger partial charge in [-0.3, -0.25) is 9.88 Å². The third-order valence-corrected chi connectivity index (χ3v) is 5.88. The number of pyridine rings is 1. The van der Waals surface area contributed by atoms with Gasteiger partial charge in [-0.15, -0.1) is 0 Å². The summed E-state index contributed by atoms with van der Waals surface area (Å²) in [6.07, 6.45) is 9.88. The molecule has 4 nitrogen and oxygen atoms in total. The molecule has 0 bridgehead atoms. The fraction of sp³-hybridized carbons (Fsp3) is 0.762. The van der Waals surface area contributed by atoms with E-state index in [4.69, 9.17) is 0 Å². The normalized spacial score (nSPS) is 27.5. The zero-order valence-corrected chi connectivity index (χ0v) is 15.9. The summed E-state index contributed by atoms with van der Waals surface area (Å²) in [4.78, 5) is 7.13. The molecule has 3 atom stereocenters. The number of aliphatic hydroxyl groups is 1. The number of nitrogens with zero attached hydrogens (tertiary/aromatic N) is 2. The lowest BCUT2D eigenvalue weighted by atomic mass is 9.89. The molecule has 3 rings (SSSR count). The number of rotatable bonds is 6. The van der Waals surface area contributed by atoms with Gasteiger partial charge in [0.25, 0.3) is 0 Å². The summed E-state index contributed by atoms with van der Waals surface area (Å²) < 4.78 is 0. The van der Waals surface area contributed by atoms with Crippen LogP contribution in [-0.2, 0) is 0 Å². The Labute approximate surface area is 153 Å². The molecule has 1 aliphatic heterocycles. The lowest BCUT2D eigenvalue weighted by Crippen LogP contribution is -2.52. The highest BCUT2D eigenvalue weighted by Gasteiger charge is 2.32. The van der Waals surface area contributed by atoms with Gasteiger partial charge >= 0.3 is 0 Å². The van der Waals surface area contributed by atoms with E-state index in [1.807, 2.05) is 12.3 Å². The Hall–Kier alpha value is -0.970. The van der Waals surface area contributed by atoms with Crippen molar-refractivity contribution in [2.45, 2.75) is 83.0 Å². The van der Waals surface area contributed by atoms with Gasteiger partial charge in [0, 0.05) is 37.4 Å². The Kier molecular flexibility index (Phi) is 6.85. The quantitative estimate of drug-likeness (QED) is 0.828. The maximum atomic E-state index is 10.3. The standard InChI is InChI=1S/C21H35N3O/c1-16(2)15-19(18-7-5-6-12-22-18)23-17-10-13-24(14-11-17)20-8-3-4-9-21(20)25/h5-7,12,16-17,19-21,23,25H,3-4,8-11,13-15H2,1-2H3/t19-,20+,21+/m0/s1. The van der Waals surface area contributed by atoms with Crippen LogP contribution in [0.4, 0.5) is 0 Å². The second-order valence-corrected chi connectivity index (χ2v) is 8.33.